The maximum absolute atomic E-state index is 16.7. The highest BCUT2D eigenvalue weighted by molar-refractivity contribution is 6.03. The Balaban J connectivity index is 1.28. The standard InChI is InChI=1S/C33H32F2N6O2/c1-2-23-26(34)8-5-19-13-22(42)14-24(27(19)23)29-28(35)30-25(15-36-29)31(40-16-20-6-7-21(17-40)37-20)39-32(38-30)43-18-33-9-3-11-41(33)12-4-10-33/h1,5,8,13-15,20-21,37,42H,3-4,6-7,9-12,16-18H2. The number of fused-ring (bicyclic) bond motifs is 5. The van der Waals surface area contributed by atoms with Gasteiger partial charge in [-0.05, 0) is 75.2 Å². The van der Waals surface area contributed by atoms with Gasteiger partial charge in [0.1, 0.15) is 35.2 Å². The molecule has 6 heterocycles. The second kappa shape index (κ2) is 10.00. The molecule has 8 rings (SSSR count). The average Bonchev–Trinajstić information content (AvgIpc) is 3.69. The number of hydrogen-bond donors (Lipinski definition) is 2. The van der Waals surface area contributed by atoms with Gasteiger partial charge in [-0.2, -0.15) is 9.97 Å². The van der Waals surface area contributed by atoms with Crippen LogP contribution >= 0.6 is 0 Å². The van der Waals surface area contributed by atoms with E-state index in [0.29, 0.717) is 40.7 Å². The van der Waals surface area contributed by atoms with Gasteiger partial charge in [-0.3, -0.25) is 9.88 Å². The third-order valence-electron chi connectivity index (χ3n) is 9.89. The Labute approximate surface area is 248 Å². The highest BCUT2D eigenvalue weighted by Gasteiger charge is 2.45. The number of anilines is 1. The second-order valence-corrected chi connectivity index (χ2v) is 12.4. The second-order valence-electron chi connectivity index (χ2n) is 12.4. The van der Waals surface area contributed by atoms with Gasteiger partial charge in [-0.1, -0.05) is 12.0 Å². The predicted octanol–water partition coefficient (Wildman–Crippen LogP) is 4.76. The van der Waals surface area contributed by atoms with Crippen LogP contribution in [0.2, 0.25) is 0 Å². The smallest absolute Gasteiger partial charge is 0.319 e. The number of halogens is 2. The van der Waals surface area contributed by atoms with E-state index in [9.17, 15) is 9.50 Å². The van der Waals surface area contributed by atoms with Crippen molar-refractivity contribution < 1.29 is 18.6 Å². The van der Waals surface area contributed by atoms with Gasteiger partial charge in [-0.25, -0.2) is 8.78 Å². The number of piperazine rings is 1. The van der Waals surface area contributed by atoms with Crippen LogP contribution in [0.15, 0.2) is 30.5 Å². The largest absolute Gasteiger partial charge is 0.508 e. The van der Waals surface area contributed by atoms with E-state index in [0.717, 1.165) is 64.7 Å². The molecule has 220 valence electrons. The topological polar surface area (TPSA) is 86.6 Å². The van der Waals surface area contributed by atoms with E-state index in [1.165, 1.54) is 24.3 Å². The fourth-order valence-electron chi connectivity index (χ4n) is 7.90. The molecule has 2 unspecified atom stereocenters. The van der Waals surface area contributed by atoms with Gasteiger partial charge in [0.2, 0.25) is 0 Å². The van der Waals surface area contributed by atoms with E-state index < -0.39 is 11.6 Å². The Bertz CT molecular complexity index is 1800. The molecule has 0 spiro atoms. The fraction of sp³-hybridized carbons (Fsp3) is 0.424. The van der Waals surface area contributed by atoms with Crippen LogP contribution in [0.5, 0.6) is 11.8 Å². The lowest BCUT2D eigenvalue weighted by Crippen LogP contribution is -2.51. The maximum atomic E-state index is 16.7. The van der Waals surface area contributed by atoms with Crippen molar-refractivity contribution in [2.24, 2.45) is 0 Å². The maximum Gasteiger partial charge on any atom is 0.319 e. The van der Waals surface area contributed by atoms with Crippen molar-refractivity contribution in [1.29, 1.82) is 0 Å². The molecule has 2 atom stereocenters. The molecule has 2 bridgehead atoms. The molecule has 0 aliphatic carbocycles. The lowest BCUT2D eigenvalue weighted by molar-refractivity contribution is 0.108. The molecule has 2 N–H and O–H groups in total. The van der Waals surface area contributed by atoms with E-state index in [1.807, 2.05) is 0 Å². The number of benzene rings is 2. The van der Waals surface area contributed by atoms with E-state index in [1.54, 1.807) is 6.20 Å². The van der Waals surface area contributed by atoms with Crippen LogP contribution in [0, 0.1) is 24.0 Å². The quantitative estimate of drug-likeness (QED) is 0.326. The molecule has 4 aromatic rings. The van der Waals surface area contributed by atoms with Crippen LogP contribution < -0.4 is 15.0 Å². The molecule has 4 aliphatic rings. The van der Waals surface area contributed by atoms with Crippen LogP contribution in [-0.2, 0) is 0 Å². The third-order valence-corrected chi connectivity index (χ3v) is 9.89. The van der Waals surface area contributed by atoms with E-state index >= 15 is 4.39 Å². The number of phenolic OH excluding ortho intramolecular Hbond substituents is 1. The molecule has 0 saturated carbocycles. The van der Waals surface area contributed by atoms with E-state index in [-0.39, 0.29) is 39.6 Å². The SMILES string of the molecule is C#Cc1c(F)ccc2cc(O)cc(-c3ncc4c(N5CC6CCC(C5)N6)nc(OCC56CCCN5CCC6)nc4c3F)c12. The van der Waals surface area contributed by atoms with Gasteiger partial charge in [0.05, 0.1) is 16.5 Å². The molecule has 4 fully saturated rings. The number of rotatable bonds is 5. The summed E-state index contributed by atoms with van der Waals surface area (Å²) in [6.07, 6.45) is 13.8. The summed E-state index contributed by atoms with van der Waals surface area (Å²) in [4.78, 5) is 18.7. The van der Waals surface area contributed by atoms with Gasteiger partial charge in [-0.15, -0.1) is 6.42 Å². The zero-order valence-corrected chi connectivity index (χ0v) is 23.7. The fourth-order valence-corrected chi connectivity index (χ4v) is 7.90. The van der Waals surface area contributed by atoms with Crippen molar-refractivity contribution in [1.82, 2.24) is 25.2 Å². The molecule has 2 aromatic carbocycles. The van der Waals surface area contributed by atoms with Gasteiger partial charge in [0.15, 0.2) is 5.82 Å². The molecule has 4 saturated heterocycles. The average molecular weight is 583 g/mol. The number of aromatic nitrogens is 3. The molecule has 10 heteroatoms. The van der Waals surface area contributed by atoms with Gasteiger partial charge >= 0.3 is 6.01 Å². The highest BCUT2D eigenvalue weighted by Crippen LogP contribution is 2.41. The summed E-state index contributed by atoms with van der Waals surface area (Å²) in [5, 5.41) is 15.4. The Kier molecular flexibility index (Phi) is 6.17. The molecular formula is C33H32F2N6O2. The molecule has 0 amide bonds. The van der Waals surface area contributed by atoms with Crippen molar-refractivity contribution in [3.8, 4) is 35.4 Å². The monoisotopic (exact) mass is 582 g/mol. The minimum Gasteiger partial charge on any atom is -0.508 e. The van der Waals surface area contributed by atoms with Crippen molar-refractivity contribution in [3.63, 3.8) is 0 Å². The Morgan fingerprint density at radius 3 is 2.60 bits per heavy atom. The predicted molar refractivity (Wildman–Crippen MR) is 160 cm³/mol. The highest BCUT2D eigenvalue weighted by atomic mass is 19.1. The molecular weight excluding hydrogens is 550 g/mol. The van der Waals surface area contributed by atoms with Crippen molar-refractivity contribution in [2.75, 3.05) is 37.7 Å². The molecule has 0 radical (unpaired) electrons. The summed E-state index contributed by atoms with van der Waals surface area (Å²) >= 11 is 0. The minimum absolute atomic E-state index is 0.0191. The minimum atomic E-state index is -0.704. The lowest BCUT2D eigenvalue weighted by atomic mass is 9.95. The first-order chi connectivity index (χ1) is 20.9. The summed E-state index contributed by atoms with van der Waals surface area (Å²) in [5.41, 5.74) is 0.136. The van der Waals surface area contributed by atoms with Gasteiger partial charge in [0, 0.05) is 42.3 Å². The van der Waals surface area contributed by atoms with Crippen LogP contribution in [0.3, 0.4) is 0 Å². The number of pyridine rings is 1. The number of terminal acetylenes is 1. The van der Waals surface area contributed by atoms with Crippen molar-refractivity contribution >= 4 is 27.5 Å². The van der Waals surface area contributed by atoms with Crippen LogP contribution in [0.1, 0.15) is 44.1 Å². The number of nitrogens with one attached hydrogen (secondary N) is 1. The van der Waals surface area contributed by atoms with Crippen molar-refractivity contribution in [3.05, 3.63) is 47.7 Å². The van der Waals surface area contributed by atoms with Gasteiger partial charge < -0.3 is 20.1 Å². The van der Waals surface area contributed by atoms with Crippen molar-refractivity contribution in [2.45, 2.75) is 56.1 Å². The Morgan fingerprint density at radius 2 is 1.86 bits per heavy atom. The van der Waals surface area contributed by atoms with Gasteiger partial charge in [0.25, 0.3) is 0 Å². The Hall–Kier alpha value is -4.07. The molecule has 43 heavy (non-hydrogen) atoms. The lowest BCUT2D eigenvalue weighted by Gasteiger charge is -2.34. The molecule has 2 aromatic heterocycles. The number of aromatic hydroxyl groups is 1. The third kappa shape index (κ3) is 4.28. The van der Waals surface area contributed by atoms with E-state index in [2.05, 4.69) is 31.0 Å². The summed E-state index contributed by atoms with van der Waals surface area (Å²) in [5.74, 6) is 1.57. The number of phenols is 1. The number of hydrogen-bond acceptors (Lipinski definition) is 8. The summed E-state index contributed by atoms with van der Waals surface area (Å²) < 4.78 is 37.8. The summed E-state index contributed by atoms with van der Waals surface area (Å²) in [6, 6.07) is 6.39. The normalized spacial score (nSPS) is 22.8. The zero-order valence-electron chi connectivity index (χ0n) is 23.7. The Morgan fingerprint density at radius 1 is 1.09 bits per heavy atom. The summed E-state index contributed by atoms with van der Waals surface area (Å²) in [6.45, 7) is 4.07. The number of ether oxygens (including phenoxy) is 1. The molecule has 8 nitrogen and oxygen atoms in total. The van der Waals surface area contributed by atoms with Crippen LogP contribution in [0.4, 0.5) is 14.6 Å². The van der Waals surface area contributed by atoms with E-state index in [4.69, 9.17) is 16.1 Å². The number of nitrogens with zero attached hydrogens (tertiary/aromatic N) is 5. The van der Waals surface area contributed by atoms with Crippen LogP contribution in [-0.4, -0.2) is 75.4 Å². The zero-order chi connectivity index (χ0) is 29.3. The first-order valence-corrected chi connectivity index (χ1v) is 15.1. The molecule has 4 aliphatic heterocycles. The first kappa shape index (κ1) is 26.5. The summed E-state index contributed by atoms with van der Waals surface area (Å²) in [7, 11) is 0. The van der Waals surface area contributed by atoms with Crippen LogP contribution in [0.25, 0.3) is 32.9 Å². The first-order valence-electron chi connectivity index (χ1n) is 15.1.